The summed E-state index contributed by atoms with van der Waals surface area (Å²) in [6.45, 7) is 25.5. The molecule has 0 aliphatic heterocycles. The summed E-state index contributed by atoms with van der Waals surface area (Å²) in [6.07, 6.45) is 2.47. The molecule has 0 bridgehead atoms. The van der Waals surface area contributed by atoms with Crippen molar-refractivity contribution in [2.75, 3.05) is 0 Å². The zero-order valence-corrected chi connectivity index (χ0v) is 25.1. The van der Waals surface area contributed by atoms with Gasteiger partial charge in [-0.15, -0.1) is 0 Å². The molecular weight excluding hydrogens is 444 g/mol. The van der Waals surface area contributed by atoms with Crippen LogP contribution in [0.5, 0.6) is 11.5 Å². The summed E-state index contributed by atoms with van der Waals surface area (Å²) in [5.74, 6) is 0.798. The van der Waals surface area contributed by atoms with Crippen molar-refractivity contribution < 1.29 is 15.3 Å². The Kier molecular flexibility index (Phi) is 8.73. The lowest BCUT2D eigenvalue weighted by molar-refractivity contribution is 0.155. The van der Waals surface area contributed by atoms with Gasteiger partial charge in [0.2, 0.25) is 0 Å². The summed E-state index contributed by atoms with van der Waals surface area (Å²) in [4.78, 5) is 0. The van der Waals surface area contributed by atoms with Crippen molar-refractivity contribution in [2.24, 2.45) is 0 Å². The lowest BCUT2D eigenvalue weighted by Crippen LogP contribution is -2.19. The molecule has 0 spiro atoms. The van der Waals surface area contributed by atoms with Crippen LogP contribution in [0.2, 0.25) is 0 Å². The molecule has 0 saturated carbocycles. The molecule has 2 aromatic carbocycles. The van der Waals surface area contributed by atoms with Crippen molar-refractivity contribution in [1.29, 1.82) is 0 Å². The van der Waals surface area contributed by atoms with Crippen LogP contribution in [0.1, 0.15) is 129 Å². The standard InChI is InChI=1S/C33H52O3/c1-30(2,3)24-17-21(18-25(28(24)35)31(4,5)6)13-15-23(34)16-14-22-19-26(32(7,8)9)29(36)27(20-22)33(10,11)12/h17-20,23,34-36H,13-16H2,1-12H3. The largest absolute Gasteiger partial charge is 0.507 e. The summed E-state index contributed by atoms with van der Waals surface area (Å²) in [5, 5.41) is 32.9. The average Bonchev–Trinajstić information content (AvgIpc) is 2.68. The van der Waals surface area contributed by atoms with Gasteiger partial charge in [0.1, 0.15) is 11.5 Å². The van der Waals surface area contributed by atoms with Gasteiger partial charge in [-0.25, -0.2) is 0 Å². The molecule has 3 heteroatoms. The maximum atomic E-state index is 11.0. The van der Waals surface area contributed by atoms with Gasteiger partial charge in [-0.1, -0.05) is 107 Å². The zero-order chi connectivity index (χ0) is 27.9. The summed E-state index contributed by atoms with van der Waals surface area (Å²) in [6, 6.07) is 8.45. The Morgan fingerprint density at radius 2 is 0.722 bits per heavy atom. The van der Waals surface area contributed by atoms with Crippen LogP contribution < -0.4 is 0 Å². The van der Waals surface area contributed by atoms with Crippen LogP contribution in [0.4, 0.5) is 0 Å². The molecule has 0 aliphatic rings. The predicted molar refractivity (Wildman–Crippen MR) is 154 cm³/mol. The van der Waals surface area contributed by atoms with Crippen LogP contribution in [-0.4, -0.2) is 21.4 Å². The summed E-state index contributed by atoms with van der Waals surface area (Å²) < 4.78 is 0. The predicted octanol–water partition coefficient (Wildman–Crippen LogP) is 8.21. The molecule has 0 aromatic heterocycles. The molecule has 2 aromatic rings. The quantitative estimate of drug-likeness (QED) is 0.377. The molecule has 0 amide bonds. The minimum atomic E-state index is -0.417. The van der Waals surface area contributed by atoms with Crippen molar-refractivity contribution in [2.45, 2.75) is 137 Å². The average molecular weight is 497 g/mol. The van der Waals surface area contributed by atoms with Crippen LogP contribution in [0.3, 0.4) is 0 Å². The van der Waals surface area contributed by atoms with Crippen molar-refractivity contribution in [3.05, 3.63) is 57.6 Å². The van der Waals surface area contributed by atoms with E-state index in [1.807, 2.05) is 0 Å². The molecule has 0 atom stereocenters. The van der Waals surface area contributed by atoms with Gasteiger partial charge in [0, 0.05) is 0 Å². The van der Waals surface area contributed by atoms with Crippen molar-refractivity contribution in [3.63, 3.8) is 0 Å². The smallest absolute Gasteiger partial charge is 0.123 e. The van der Waals surface area contributed by atoms with Gasteiger partial charge in [-0.3, -0.25) is 0 Å². The van der Waals surface area contributed by atoms with Crippen LogP contribution >= 0.6 is 0 Å². The first-order valence-electron chi connectivity index (χ1n) is 13.5. The molecule has 36 heavy (non-hydrogen) atoms. The van der Waals surface area contributed by atoms with E-state index < -0.39 is 6.10 Å². The number of aromatic hydroxyl groups is 2. The molecule has 0 radical (unpaired) electrons. The third-order valence-corrected chi connectivity index (χ3v) is 7.10. The molecule has 0 unspecified atom stereocenters. The van der Waals surface area contributed by atoms with Gasteiger partial charge in [0.05, 0.1) is 6.10 Å². The first kappa shape index (κ1) is 30.2. The molecule has 3 N–H and O–H groups in total. The number of aryl methyl sites for hydroxylation is 2. The van der Waals surface area contributed by atoms with Crippen molar-refractivity contribution in [1.82, 2.24) is 0 Å². The van der Waals surface area contributed by atoms with Gasteiger partial charge >= 0.3 is 0 Å². The highest BCUT2D eigenvalue weighted by Crippen LogP contribution is 2.41. The van der Waals surface area contributed by atoms with Gasteiger partial charge in [0.25, 0.3) is 0 Å². The number of rotatable bonds is 6. The fourth-order valence-electron chi connectivity index (χ4n) is 4.77. The van der Waals surface area contributed by atoms with Gasteiger partial charge in [0.15, 0.2) is 0 Å². The summed E-state index contributed by atoms with van der Waals surface area (Å²) in [7, 11) is 0. The second-order valence-electron chi connectivity index (χ2n) is 14.8. The number of hydrogen-bond donors (Lipinski definition) is 3. The molecule has 2 rings (SSSR count). The van der Waals surface area contributed by atoms with E-state index in [9.17, 15) is 15.3 Å². The normalized spacial score (nSPS) is 13.5. The second kappa shape index (κ2) is 10.4. The number of phenols is 2. The Morgan fingerprint density at radius 3 is 0.917 bits per heavy atom. The number of aliphatic hydroxyl groups is 1. The minimum Gasteiger partial charge on any atom is -0.507 e. The molecule has 0 aliphatic carbocycles. The maximum absolute atomic E-state index is 11.0. The van der Waals surface area contributed by atoms with Crippen molar-refractivity contribution in [3.8, 4) is 11.5 Å². The van der Waals surface area contributed by atoms with Crippen LogP contribution in [0, 0.1) is 0 Å². The second-order valence-corrected chi connectivity index (χ2v) is 14.8. The number of aliphatic hydroxyl groups excluding tert-OH is 1. The van der Waals surface area contributed by atoms with Crippen LogP contribution in [-0.2, 0) is 34.5 Å². The van der Waals surface area contributed by atoms with Gasteiger partial charge in [-0.2, -0.15) is 0 Å². The van der Waals surface area contributed by atoms with Crippen LogP contribution in [0.25, 0.3) is 0 Å². The van der Waals surface area contributed by atoms with E-state index in [2.05, 4.69) is 107 Å². The highest BCUT2D eigenvalue weighted by atomic mass is 16.3. The molecule has 0 fully saturated rings. The van der Waals surface area contributed by atoms with E-state index in [0.29, 0.717) is 24.3 Å². The topological polar surface area (TPSA) is 60.7 Å². The first-order valence-corrected chi connectivity index (χ1v) is 13.5. The first-order chi connectivity index (χ1) is 16.1. The summed E-state index contributed by atoms with van der Waals surface area (Å²) >= 11 is 0. The zero-order valence-electron chi connectivity index (χ0n) is 25.1. The molecule has 202 valence electrons. The third-order valence-electron chi connectivity index (χ3n) is 7.10. The molecule has 0 saturated heterocycles. The Hall–Kier alpha value is -2.00. The fraction of sp³-hybridized carbons (Fsp3) is 0.636. The third kappa shape index (κ3) is 7.51. The minimum absolute atomic E-state index is 0.160. The Bertz CT molecular complexity index is 895. The number of phenolic OH excluding ortho intramolecular Hbond substituents is 2. The van der Waals surface area contributed by atoms with E-state index in [4.69, 9.17) is 0 Å². The van der Waals surface area contributed by atoms with E-state index >= 15 is 0 Å². The van der Waals surface area contributed by atoms with E-state index in [1.54, 1.807) is 0 Å². The highest BCUT2D eigenvalue weighted by Gasteiger charge is 2.28. The van der Waals surface area contributed by atoms with E-state index in [0.717, 1.165) is 46.2 Å². The Balaban J connectivity index is 2.23. The summed E-state index contributed by atoms with van der Waals surface area (Å²) in [5.41, 5.74) is 5.55. The number of hydrogen-bond acceptors (Lipinski definition) is 3. The molecule has 0 heterocycles. The molecular formula is C33H52O3. The van der Waals surface area contributed by atoms with Gasteiger partial charge < -0.3 is 15.3 Å². The highest BCUT2D eigenvalue weighted by molar-refractivity contribution is 5.51. The van der Waals surface area contributed by atoms with Crippen molar-refractivity contribution >= 4 is 0 Å². The maximum Gasteiger partial charge on any atom is 0.123 e. The Labute approximate surface area is 221 Å². The lowest BCUT2D eigenvalue weighted by Gasteiger charge is -2.28. The van der Waals surface area contributed by atoms with E-state index in [-0.39, 0.29) is 21.7 Å². The SMILES string of the molecule is CC(C)(C)c1cc(CCC(O)CCc2cc(C(C)(C)C)c(O)c(C(C)(C)C)c2)cc(C(C)(C)C)c1O. The molecule has 3 nitrogen and oxygen atoms in total. The number of benzene rings is 2. The van der Waals surface area contributed by atoms with Crippen LogP contribution in [0.15, 0.2) is 24.3 Å². The fourth-order valence-corrected chi connectivity index (χ4v) is 4.77. The monoisotopic (exact) mass is 496 g/mol. The van der Waals surface area contributed by atoms with E-state index in [1.165, 1.54) is 0 Å². The van der Waals surface area contributed by atoms with Gasteiger partial charge in [-0.05, 0) is 80.7 Å². The Morgan fingerprint density at radius 1 is 0.500 bits per heavy atom. The lowest BCUT2D eigenvalue weighted by atomic mass is 9.77.